The van der Waals surface area contributed by atoms with E-state index in [0.717, 1.165) is 11.5 Å². The van der Waals surface area contributed by atoms with E-state index in [1.807, 2.05) is 6.07 Å². The van der Waals surface area contributed by atoms with Crippen molar-refractivity contribution >= 4 is 29.4 Å². The van der Waals surface area contributed by atoms with Crippen LogP contribution < -0.4 is 10.2 Å². The number of nitrogens with one attached hydrogen (secondary N) is 1. The summed E-state index contributed by atoms with van der Waals surface area (Å²) in [5.41, 5.74) is 1.28. The number of piperazine rings is 1. The second-order valence-electron chi connectivity index (χ2n) is 6.13. The van der Waals surface area contributed by atoms with Gasteiger partial charge in [0.15, 0.2) is 0 Å². The Hall–Kier alpha value is -3.36. The van der Waals surface area contributed by atoms with Gasteiger partial charge in [-0.05, 0) is 31.2 Å². The largest absolute Gasteiger partial charge is 0.465 e. The molecule has 9 heteroatoms. The van der Waals surface area contributed by atoms with Crippen LogP contribution in [0.25, 0.3) is 0 Å². The highest BCUT2D eigenvalue weighted by Crippen LogP contribution is 2.20. The maximum absolute atomic E-state index is 11.8. The van der Waals surface area contributed by atoms with Gasteiger partial charge in [0.2, 0.25) is 0 Å². The predicted molar refractivity (Wildman–Crippen MR) is 104 cm³/mol. The van der Waals surface area contributed by atoms with Crippen LogP contribution in [0.4, 0.5) is 22.1 Å². The molecule has 3 rings (SSSR count). The number of rotatable bonds is 5. The molecule has 1 saturated heterocycles. The number of anilines is 3. The minimum Gasteiger partial charge on any atom is -0.465 e. The van der Waals surface area contributed by atoms with Crippen molar-refractivity contribution in [3.63, 3.8) is 0 Å². The fourth-order valence-electron chi connectivity index (χ4n) is 2.88. The molecule has 0 atom stereocenters. The molecule has 1 fully saturated rings. The van der Waals surface area contributed by atoms with E-state index >= 15 is 0 Å². The van der Waals surface area contributed by atoms with Crippen LogP contribution in [0.3, 0.4) is 0 Å². The number of nitrogens with zero attached hydrogens (tertiary/aromatic N) is 4. The van der Waals surface area contributed by atoms with Crippen molar-refractivity contribution in [1.82, 2.24) is 14.9 Å². The normalized spacial score (nSPS) is 13.8. The summed E-state index contributed by atoms with van der Waals surface area (Å²) in [5.74, 6) is 1.05. The summed E-state index contributed by atoms with van der Waals surface area (Å²) < 4.78 is 9.74. The fourth-order valence-corrected chi connectivity index (χ4v) is 2.88. The van der Waals surface area contributed by atoms with Crippen molar-refractivity contribution < 1.29 is 19.1 Å². The Morgan fingerprint density at radius 3 is 2.46 bits per heavy atom. The highest BCUT2D eigenvalue weighted by Gasteiger charge is 2.22. The lowest BCUT2D eigenvalue weighted by Gasteiger charge is -2.34. The van der Waals surface area contributed by atoms with Crippen molar-refractivity contribution in [3.8, 4) is 0 Å². The molecule has 1 N–H and O–H groups in total. The Morgan fingerprint density at radius 1 is 1.11 bits per heavy atom. The third kappa shape index (κ3) is 4.67. The number of methoxy groups -OCH3 is 1. The van der Waals surface area contributed by atoms with Crippen molar-refractivity contribution in [1.29, 1.82) is 0 Å². The summed E-state index contributed by atoms with van der Waals surface area (Å²) in [6.45, 7) is 4.68. The lowest BCUT2D eigenvalue weighted by atomic mass is 10.2. The van der Waals surface area contributed by atoms with Crippen LogP contribution in [0.5, 0.6) is 0 Å². The molecule has 9 nitrogen and oxygen atoms in total. The molecule has 1 aromatic carbocycles. The summed E-state index contributed by atoms with van der Waals surface area (Å²) in [7, 11) is 1.35. The first-order valence-corrected chi connectivity index (χ1v) is 9.04. The van der Waals surface area contributed by atoms with E-state index in [0.29, 0.717) is 44.2 Å². The number of benzene rings is 1. The quantitative estimate of drug-likeness (QED) is 0.783. The summed E-state index contributed by atoms with van der Waals surface area (Å²) >= 11 is 0. The molecular formula is C19H23N5O4. The number of hydrogen-bond donors (Lipinski definition) is 1. The minimum atomic E-state index is -0.377. The summed E-state index contributed by atoms with van der Waals surface area (Å²) in [6, 6.07) is 8.79. The second-order valence-corrected chi connectivity index (χ2v) is 6.13. The average Bonchev–Trinajstić information content (AvgIpc) is 2.74. The van der Waals surface area contributed by atoms with Crippen LogP contribution >= 0.6 is 0 Å². The molecule has 0 spiro atoms. The van der Waals surface area contributed by atoms with Crippen molar-refractivity contribution in [2.24, 2.45) is 0 Å². The Morgan fingerprint density at radius 2 is 1.82 bits per heavy atom. The molecule has 148 valence electrons. The maximum Gasteiger partial charge on any atom is 0.409 e. The first-order chi connectivity index (χ1) is 13.6. The van der Waals surface area contributed by atoms with Gasteiger partial charge in [-0.25, -0.2) is 19.6 Å². The van der Waals surface area contributed by atoms with E-state index in [1.54, 1.807) is 36.1 Å². The van der Waals surface area contributed by atoms with Gasteiger partial charge in [-0.15, -0.1) is 0 Å². The zero-order chi connectivity index (χ0) is 19.9. The third-order valence-electron chi connectivity index (χ3n) is 4.36. The lowest BCUT2D eigenvalue weighted by Crippen LogP contribution is -2.49. The van der Waals surface area contributed by atoms with E-state index in [-0.39, 0.29) is 12.1 Å². The summed E-state index contributed by atoms with van der Waals surface area (Å²) in [5, 5.41) is 3.20. The Balaban J connectivity index is 1.61. The molecule has 1 amide bonds. The van der Waals surface area contributed by atoms with Crippen molar-refractivity contribution in [2.75, 3.05) is 50.1 Å². The van der Waals surface area contributed by atoms with Crippen molar-refractivity contribution in [3.05, 3.63) is 42.2 Å². The number of esters is 1. The summed E-state index contributed by atoms with van der Waals surface area (Å²) in [6.07, 6.45) is 1.22. The molecular weight excluding hydrogens is 362 g/mol. The van der Waals surface area contributed by atoms with Gasteiger partial charge >= 0.3 is 12.1 Å². The molecule has 1 aliphatic heterocycles. The Labute approximate surface area is 163 Å². The van der Waals surface area contributed by atoms with Crippen LogP contribution in [-0.2, 0) is 9.47 Å². The highest BCUT2D eigenvalue weighted by atomic mass is 16.6. The van der Waals surface area contributed by atoms with Crippen LogP contribution in [-0.4, -0.2) is 66.8 Å². The number of ether oxygens (including phenoxy) is 2. The molecule has 28 heavy (non-hydrogen) atoms. The van der Waals surface area contributed by atoms with Gasteiger partial charge in [0.25, 0.3) is 0 Å². The zero-order valence-electron chi connectivity index (χ0n) is 15.9. The van der Waals surface area contributed by atoms with Crippen LogP contribution in [0, 0.1) is 0 Å². The minimum absolute atomic E-state index is 0.275. The maximum atomic E-state index is 11.8. The van der Waals surface area contributed by atoms with Gasteiger partial charge in [0, 0.05) is 37.9 Å². The van der Waals surface area contributed by atoms with Gasteiger partial charge in [-0.3, -0.25) is 0 Å². The van der Waals surface area contributed by atoms with Crippen LogP contribution in [0.2, 0.25) is 0 Å². The molecule has 2 heterocycles. The van der Waals surface area contributed by atoms with E-state index in [4.69, 9.17) is 9.47 Å². The smallest absolute Gasteiger partial charge is 0.409 e. The van der Waals surface area contributed by atoms with Gasteiger partial charge in [0.05, 0.1) is 19.3 Å². The topological polar surface area (TPSA) is 96.9 Å². The number of carbonyl (C=O) groups is 2. The predicted octanol–water partition coefficient (Wildman–Crippen LogP) is 2.29. The molecule has 0 aliphatic carbocycles. The average molecular weight is 385 g/mol. The number of aromatic nitrogens is 2. The number of hydrogen-bond acceptors (Lipinski definition) is 8. The first-order valence-electron chi connectivity index (χ1n) is 9.04. The van der Waals surface area contributed by atoms with E-state index < -0.39 is 0 Å². The Kier molecular flexibility index (Phi) is 6.25. The molecule has 2 aromatic rings. The van der Waals surface area contributed by atoms with E-state index in [1.165, 1.54) is 13.4 Å². The molecule has 0 saturated carbocycles. The van der Waals surface area contributed by atoms with Crippen LogP contribution in [0.15, 0.2) is 36.7 Å². The molecule has 0 radical (unpaired) electrons. The van der Waals surface area contributed by atoms with Crippen molar-refractivity contribution in [2.45, 2.75) is 6.92 Å². The van der Waals surface area contributed by atoms with E-state index in [2.05, 4.69) is 20.2 Å². The third-order valence-corrected chi connectivity index (χ3v) is 4.36. The number of carbonyl (C=O) groups excluding carboxylic acids is 2. The zero-order valence-corrected chi connectivity index (χ0v) is 15.9. The van der Waals surface area contributed by atoms with Crippen LogP contribution in [0.1, 0.15) is 17.3 Å². The lowest BCUT2D eigenvalue weighted by molar-refractivity contribution is 0.0600. The molecule has 0 unspecified atom stereocenters. The highest BCUT2D eigenvalue weighted by molar-refractivity contribution is 5.89. The molecule has 1 aromatic heterocycles. The monoisotopic (exact) mass is 385 g/mol. The first kappa shape index (κ1) is 19.4. The van der Waals surface area contributed by atoms with Gasteiger partial charge in [-0.1, -0.05) is 0 Å². The standard InChI is InChI=1S/C19H23N5O4/c1-3-28-19(26)24-10-8-23(9-11-24)17-12-16(20-13-21-17)22-15-6-4-14(5-7-15)18(25)27-2/h4-7,12-13H,3,8-11H2,1-2H3,(H,20,21,22). The SMILES string of the molecule is CCOC(=O)N1CCN(c2cc(Nc3ccc(C(=O)OC)cc3)ncn2)CC1. The Bertz CT molecular complexity index is 819. The van der Waals surface area contributed by atoms with Gasteiger partial charge < -0.3 is 24.6 Å². The fraction of sp³-hybridized carbons (Fsp3) is 0.368. The number of amides is 1. The van der Waals surface area contributed by atoms with Gasteiger partial charge in [-0.2, -0.15) is 0 Å². The second kappa shape index (κ2) is 9.03. The van der Waals surface area contributed by atoms with Gasteiger partial charge in [0.1, 0.15) is 18.0 Å². The molecule has 1 aliphatic rings. The van der Waals surface area contributed by atoms with E-state index in [9.17, 15) is 9.59 Å². The summed E-state index contributed by atoms with van der Waals surface area (Å²) in [4.78, 5) is 35.7. The molecule has 0 bridgehead atoms.